The fourth-order valence-electron chi connectivity index (χ4n) is 1.94. The van der Waals surface area contributed by atoms with Crippen LogP contribution in [0.4, 0.5) is 0 Å². The highest BCUT2D eigenvalue weighted by molar-refractivity contribution is 7.92. The van der Waals surface area contributed by atoms with Crippen molar-refractivity contribution in [1.82, 2.24) is 0 Å². The molecule has 0 aliphatic rings. The summed E-state index contributed by atoms with van der Waals surface area (Å²) in [4.78, 5) is 0. The molecule has 3 heteroatoms. The zero-order valence-electron chi connectivity index (χ0n) is 12.4. The average molecular weight is 282 g/mol. The number of pyridine rings is 1. The van der Waals surface area contributed by atoms with Crippen molar-refractivity contribution in [2.45, 2.75) is 59.0 Å². The van der Waals surface area contributed by atoms with Crippen molar-refractivity contribution >= 4 is 11.9 Å². The predicted octanol–water partition coefficient (Wildman–Crippen LogP) is 4.37. The van der Waals surface area contributed by atoms with Gasteiger partial charge in [-0.1, -0.05) is 39.0 Å². The van der Waals surface area contributed by atoms with Crippen molar-refractivity contribution in [3.05, 3.63) is 30.1 Å². The first-order valence-electron chi connectivity index (χ1n) is 7.58. The van der Waals surface area contributed by atoms with Gasteiger partial charge in [-0.25, -0.2) is 0 Å². The maximum absolute atomic E-state index is 5.43. The summed E-state index contributed by atoms with van der Waals surface area (Å²) in [5.74, 6) is 1.20. The lowest BCUT2D eigenvalue weighted by atomic mass is 10.1. The predicted molar refractivity (Wildman–Crippen MR) is 83.2 cm³/mol. The molecule has 2 nitrogen and oxygen atoms in total. The van der Waals surface area contributed by atoms with E-state index in [2.05, 4.69) is 35.4 Å². The Hall–Kier alpha value is -0.540. The maximum atomic E-state index is 5.43. The van der Waals surface area contributed by atoms with Crippen molar-refractivity contribution in [3.63, 3.8) is 0 Å². The lowest BCUT2D eigenvalue weighted by Crippen LogP contribution is -2.25. The summed E-state index contributed by atoms with van der Waals surface area (Å²) in [6.07, 6.45) is 12.5. The second kappa shape index (κ2) is 11.3. The number of rotatable bonds is 11. The minimum absolute atomic E-state index is 0.717. The monoisotopic (exact) mass is 282 g/mol. The molecule has 0 N–H and O–H groups in total. The first kappa shape index (κ1) is 16.5. The largest absolute Gasteiger partial charge is 0.377 e. The summed E-state index contributed by atoms with van der Waals surface area (Å²) < 4.78 is 7.64. The third kappa shape index (κ3) is 8.27. The van der Waals surface area contributed by atoms with E-state index in [1.165, 1.54) is 49.8 Å². The second-order valence-corrected chi connectivity index (χ2v) is 5.90. The Labute approximate surface area is 122 Å². The van der Waals surface area contributed by atoms with E-state index in [1.54, 1.807) is 0 Å². The highest BCUT2D eigenvalue weighted by Gasteiger charge is 2.04. The number of hydrogen-bond donors (Lipinski definition) is 0. The summed E-state index contributed by atoms with van der Waals surface area (Å²) in [6.45, 7) is 5.79. The molecule has 0 bridgehead atoms. The van der Waals surface area contributed by atoms with E-state index in [4.69, 9.17) is 4.74 Å². The third-order valence-electron chi connectivity index (χ3n) is 3.05. The molecule has 108 valence electrons. The van der Waals surface area contributed by atoms with Gasteiger partial charge >= 0.3 is 0 Å². The SMILES string of the molecule is CCCCCCCCS[n+]1cccc(COCC)c1. The molecule has 1 heterocycles. The van der Waals surface area contributed by atoms with Crippen LogP contribution in [0.25, 0.3) is 0 Å². The van der Waals surface area contributed by atoms with Crippen molar-refractivity contribution in [1.29, 1.82) is 0 Å². The normalized spacial score (nSPS) is 10.8. The quantitative estimate of drug-likeness (QED) is 0.442. The Morgan fingerprint density at radius 2 is 1.89 bits per heavy atom. The fraction of sp³-hybridized carbons (Fsp3) is 0.688. The molecule has 0 aliphatic carbocycles. The van der Waals surface area contributed by atoms with Crippen LogP contribution in [-0.4, -0.2) is 12.4 Å². The standard InChI is InChI=1S/C16H28NOS/c1-3-5-6-7-8-9-13-19-17-12-10-11-16(14-17)15-18-4-2/h10-12,14H,3-9,13,15H2,1-2H3/q+1. The van der Waals surface area contributed by atoms with E-state index in [9.17, 15) is 0 Å². The second-order valence-electron chi connectivity index (χ2n) is 4.81. The van der Waals surface area contributed by atoms with Gasteiger partial charge in [0.05, 0.1) is 12.4 Å². The Morgan fingerprint density at radius 3 is 2.68 bits per heavy atom. The van der Waals surface area contributed by atoms with Crippen LogP contribution in [0, 0.1) is 0 Å². The summed E-state index contributed by atoms with van der Waals surface area (Å²) in [7, 11) is 0. The van der Waals surface area contributed by atoms with Crippen LogP contribution in [0.15, 0.2) is 24.5 Å². The van der Waals surface area contributed by atoms with Crippen LogP contribution >= 0.6 is 11.9 Å². The molecule has 1 aromatic heterocycles. The van der Waals surface area contributed by atoms with Crippen LogP contribution in [0.1, 0.15) is 57.9 Å². The van der Waals surface area contributed by atoms with E-state index in [1.807, 2.05) is 18.9 Å². The molecule has 0 spiro atoms. The smallest absolute Gasteiger partial charge is 0.188 e. The van der Waals surface area contributed by atoms with Gasteiger partial charge in [-0.15, -0.1) is 3.97 Å². The van der Waals surface area contributed by atoms with Crippen LogP contribution < -0.4 is 3.97 Å². The minimum atomic E-state index is 0.717. The van der Waals surface area contributed by atoms with Crippen LogP contribution in [0.2, 0.25) is 0 Å². The summed E-state index contributed by atoms with van der Waals surface area (Å²) in [6, 6.07) is 4.22. The first-order valence-corrected chi connectivity index (χ1v) is 8.52. The minimum Gasteiger partial charge on any atom is -0.377 e. The molecule has 19 heavy (non-hydrogen) atoms. The van der Waals surface area contributed by atoms with Gasteiger partial charge < -0.3 is 4.74 Å². The molecule has 1 aromatic rings. The summed E-state index contributed by atoms with van der Waals surface area (Å²) in [5.41, 5.74) is 1.25. The van der Waals surface area contributed by atoms with Crippen LogP contribution in [0.3, 0.4) is 0 Å². The number of hydrogen-bond acceptors (Lipinski definition) is 2. The molecular formula is C16H28NOS+. The van der Waals surface area contributed by atoms with Gasteiger partial charge in [0.15, 0.2) is 24.3 Å². The van der Waals surface area contributed by atoms with Gasteiger partial charge in [0, 0.05) is 18.2 Å². The Kier molecular flexibility index (Phi) is 9.82. The number of unbranched alkanes of at least 4 members (excludes halogenated alkanes) is 5. The zero-order chi connectivity index (χ0) is 13.8. The Balaban J connectivity index is 2.14. The Bertz CT molecular complexity index is 330. The van der Waals surface area contributed by atoms with E-state index in [-0.39, 0.29) is 0 Å². The molecule has 0 amide bonds. The van der Waals surface area contributed by atoms with Crippen LogP contribution in [0.5, 0.6) is 0 Å². The molecule has 1 rings (SSSR count). The van der Waals surface area contributed by atoms with Gasteiger partial charge in [0.1, 0.15) is 0 Å². The van der Waals surface area contributed by atoms with Gasteiger partial charge in [-0.2, -0.15) is 0 Å². The Morgan fingerprint density at radius 1 is 1.11 bits per heavy atom. The molecule has 0 saturated carbocycles. The molecule has 0 aromatic carbocycles. The summed E-state index contributed by atoms with van der Waals surface area (Å²) in [5, 5.41) is 0. The molecule has 0 aliphatic heterocycles. The van der Waals surface area contributed by atoms with Crippen molar-refractivity contribution < 1.29 is 8.71 Å². The highest BCUT2D eigenvalue weighted by atomic mass is 32.2. The van der Waals surface area contributed by atoms with Gasteiger partial charge in [0.2, 0.25) is 0 Å². The fourth-order valence-corrected chi connectivity index (χ4v) is 2.85. The number of nitrogens with zero attached hydrogens (tertiary/aromatic N) is 1. The molecular weight excluding hydrogens is 254 g/mol. The van der Waals surface area contributed by atoms with Gasteiger partial charge in [-0.3, -0.25) is 0 Å². The summed E-state index contributed by atoms with van der Waals surface area (Å²) >= 11 is 1.89. The lowest BCUT2D eigenvalue weighted by Gasteiger charge is -2.00. The van der Waals surface area contributed by atoms with Gasteiger partial charge in [-0.05, 0) is 19.4 Å². The van der Waals surface area contributed by atoms with Gasteiger partial charge in [0.25, 0.3) is 0 Å². The molecule has 0 fully saturated rings. The molecule has 0 atom stereocenters. The molecule has 0 radical (unpaired) electrons. The third-order valence-corrected chi connectivity index (χ3v) is 4.04. The van der Waals surface area contributed by atoms with E-state index < -0.39 is 0 Å². The first-order chi connectivity index (χ1) is 9.36. The highest BCUT2D eigenvalue weighted by Crippen LogP contribution is 2.08. The average Bonchev–Trinajstić information content (AvgIpc) is 2.44. The molecule has 0 unspecified atom stereocenters. The maximum Gasteiger partial charge on any atom is 0.188 e. The lowest BCUT2D eigenvalue weighted by molar-refractivity contribution is -0.495. The van der Waals surface area contributed by atoms with E-state index in [0.29, 0.717) is 0 Å². The topological polar surface area (TPSA) is 13.1 Å². The van der Waals surface area contributed by atoms with E-state index >= 15 is 0 Å². The zero-order valence-corrected chi connectivity index (χ0v) is 13.3. The number of ether oxygens (including phenoxy) is 1. The van der Waals surface area contributed by atoms with E-state index in [0.717, 1.165) is 13.2 Å². The van der Waals surface area contributed by atoms with Crippen molar-refractivity contribution in [2.75, 3.05) is 12.4 Å². The molecule has 0 saturated heterocycles. The number of aromatic nitrogens is 1. The van der Waals surface area contributed by atoms with Crippen molar-refractivity contribution in [3.8, 4) is 0 Å². The van der Waals surface area contributed by atoms with Crippen LogP contribution in [-0.2, 0) is 11.3 Å². The van der Waals surface area contributed by atoms with Crippen molar-refractivity contribution in [2.24, 2.45) is 0 Å².